The number of ether oxygens (including phenoxy) is 1. The first kappa shape index (κ1) is 36.0. The van der Waals surface area contributed by atoms with Gasteiger partial charge < -0.3 is 25.6 Å². The zero-order chi connectivity index (χ0) is 35.1. The minimum absolute atomic E-state index is 0.0175. The van der Waals surface area contributed by atoms with E-state index < -0.39 is 5.60 Å². The topological polar surface area (TPSA) is 166 Å². The summed E-state index contributed by atoms with van der Waals surface area (Å²) in [5, 5.41) is 2.95. The summed E-state index contributed by atoms with van der Waals surface area (Å²) in [4.78, 5) is 58.7. The number of hydrogen-bond acceptors (Lipinski definition) is 11. The summed E-state index contributed by atoms with van der Waals surface area (Å²) < 4.78 is 8.74. The number of carbonyl (C=O) groups excluding carboxylic acids is 1. The third-order valence-corrected chi connectivity index (χ3v) is 8.83. The van der Waals surface area contributed by atoms with Gasteiger partial charge in [-0.2, -0.15) is 0 Å². The minimum Gasteiger partial charge on any atom is -0.444 e. The number of piperidine rings is 2. The maximum Gasteiger partial charge on any atom is 0.407 e. The Bertz CT molecular complexity index is 1850. The second-order valence-electron chi connectivity index (χ2n) is 14.0. The Morgan fingerprint density at radius 1 is 0.776 bits per heavy atom. The number of aromatic nitrogens is 6. The molecule has 49 heavy (non-hydrogen) atoms. The number of nitrogens with two attached hydrogens (primary N) is 1. The number of hydrogen-bond donors (Lipinski definition) is 2. The molecule has 2 aliphatic heterocycles. The van der Waals surface area contributed by atoms with Crippen LogP contribution in [0.25, 0.3) is 22.3 Å². The lowest BCUT2D eigenvalue weighted by Crippen LogP contribution is -2.46. The fourth-order valence-electron chi connectivity index (χ4n) is 6.14. The summed E-state index contributed by atoms with van der Waals surface area (Å²) in [6.45, 7) is 15.9. The second-order valence-corrected chi connectivity index (χ2v) is 14.0. The summed E-state index contributed by atoms with van der Waals surface area (Å²) in [6, 6.07) is 7.02. The number of alkyl carbamates (subject to hydrolysis) is 1. The zero-order valence-electron chi connectivity index (χ0n) is 29.4. The maximum atomic E-state index is 12.3. The van der Waals surface area contributed by atoms with Gasteiger partial charge in [0.05, 0.1) is 11.4 Å². The summed E-state index contributed by atoms with van der Waals surface area (Å²) in [5.74, 6) is 0. The molecular weight excluding hydrogens is 624 g/mol. The number of pyridine rings is 2. The van der Waals surface area contributed by atoms with Crippen molar-refractivity contribution < 1.29 is 9.53 Å². The van der Waals surface area contributed by atoms with Crippen molar-refractivity contribution >= 4 is 28.4 Å². The number of rotatable bonds is 7. The Hall–Kier alpha value is -4.27. The molecule has 0 unspecified atom stereocenters. The average Bonchev–Trinajstić information content (AvgIpc) is 3.05. The Balaban J connectivity index is 0.000000199. The molecule has 0 spiro atoms. The van der Waals surface area contributed by atoms with Crippen LogP contribution in [0, 0.1) is 13.8 Å². The molecule has 0 aromatic carbocycles. The Morgan fingerprint density at radius 2 is 1.22 bits per heavy atom. The van der Waals surface area contributed by atoms with Gasteiger partial charge in [0.25, 0.3) is 11.1 Å². The van der Waals surface area contributed by atoms with Gasteiger partial charge in [0.2, 0.25) is 0 Å². The Kier molecular flexibility index (Phi) is 11.7. The van der Waals surface area contributed by atoms with Crippen LogP contribution in [-0.2, 0) is 17.8 Å². The van der Waals surface area contributed by atoms with E-state index in [1.165, 1.54) is 0 Å². The zero-order valence-corrected chi connectivity index (χ0v) is 29.4. The number of aryl methyl sites for hydroxylation is 2. The third-order valence-electron chi connectivity index (χ3n) is 8.83. The molecule has 0 aliphatic carbocycles. The van der Waals surface area contributed by atoms with E-state index in [0.717, 1.165) is 87.4 Å². The van der Waals surface area contributed by atoms with Gasteiger partial charge in [-0.15, -0.1) is 0 Å². The van der Waals surface area contributed by atoms with Gasteiger partial charge in [-0.3, -0.25) is 28.7 Å². The molecule has 0 atom stereocenters. The van der Waals surface area contributed by atoms with Gasteiger partial charge in [-0.1, -0.05) is 0 Å². The highest BCUT2D eigenvalue weighted by atomic mass is 16.6. The lowest BCUT2D eigenvalue weighted by atomic mass is 10.1. The van der Waals surface area contributed by atoms with Crippen molar-refractivity contribution in [3.8, 4) is 0 Å². The van der Waals surface area contributed by atoms with Gasteiger partial charge in [-0.25, -0.2) is 14.8 Å². The largest absolute Gasteiger partial charge is 0.444 e. The van der Waals surface area contributed by atoms with Crippen molar-refractivity contribution in [2.24, 2.45) is 5.73 Å². The van der Waals surface area contributed by atoms with Gasteiger partial charge in [0.15, 0.2) is 11.3 Å². The number of likely N-dealkylation sites (tertiary alicyclic amines) is 2. The normalized spacial score (nSPS) is 16.8. The van der Waals surface area contributed by atoms with E-state index in [1.54, 1.807) is 45.8 Å². The average molecular weight is 675 g/mol. The molecule has 6 heterocycles. The van der Waals surface area contributed by atoms with E-state index in [4.69, 9.17) is 10.5 Å². The van der Waals surface area contributed by atoms with E-state index >= 15 is 0 Å². The lowest BCUT2D eigenvalue weighted by Gasteiger charge is -2.32. The highest BCUT2D eigenvalue weighted by molar-refractivity contribution is 5.70. The van der Waals surface area contributed by atoms with Crippen LogP contribution in [0.15, 0.2) is 46.2 Å². The minimum atomic E-state index is -0.488. The highest BCUT2D eigenvalue weighted by Gasteiger charge is 2.24. The van der Waals surface area contributed by atoms with E-state index in [9.17, 15) is 14.4 Å². The monoisotopic (exact) mass is 674 g/mol. The molecule has 1 amide bonds. The van der Waals surface area contributed by atoms with Gasteiger partial charge >= 0.3 is 6.09 Å². The predicted molar refractivity (Wildman–Crippen MR) is 190 cm³/mol. The highest BCUT2D eigenvalue weighted by Crippen LogP contribution is 2.14. The summed E-state index contributed by atoms with van der Waals surface area (Å²) >= 11 is 0. The second kappa shape index (κ2) is 16.0. The van der Waals surface area contributed by atoms with Crippen LogP contribution in [0.2, 0.25) is 0 Å². The lowest BCUT2D eigenvalue weighted by molar-refractivity contribution is 0.0478. The fraction of sp³-hybridized carbons (Fsp3) is 0.571. The van der Waals surface area contributed by atoms with E-state index in [2.05, 4.69) is 35.1 Å². The maximum absolute atomic E-state index is 12.3. The van der Waals surface area contributed by atoms with Crippen molar-refractivity contribution in [2.45, 2.75) is 91.1 Å². The van der Waals surface area contributed by atoms with Crippen molar-refractivity contribution in [2.75, 3.05) is 39.3 Å². The van der Waals surface area contributed by atoms with Crippen LogP contribution in [0.5, 0.6) is 0 Å². The van der Waals surface area contributed by atoms with E-state index in [0.29, 0.717) is 30.4 Å². The first-order valence-corrected chi connectivity index (χ1v) is 17.2. The van der Waals surface area contributed by atoms with Gasteiger partial charge in [0, 0.05) is 75.9 Å². The Morgan fingerprint density at radius 3 is 1.67 bits per heavy atom. The first-order valence-electron chi connectivity index (χ1n) is 17.2. The van der Waals surface area contributed by atoms with Crippen LogP contribution < -0.4 is 22.2 Å². The molecule has 0 radical (unpaired) electrons. The molecule has 0 bridgehead atoms. The molecule has 14 nitrogen and oxygen atoms in total. The van der Waals surface area contributed by atoms with Crippen LogP contribution in [0.1, 0.15) is 57.8 Å². The van der Waals surface area contributed by atoms with Crippen LogP contribution in [-0.4, -0.2) is 102 Å². The molecule has 2 aliphatic rings. The van der Waals surface area contributed by atoms with Crippen molar-refractivity contribution in [3.05, 3.63) is 68.8 Å². The van der Waals surface area contributed by atoms with Crippen molar-refractivity contribution in [1.82, 2.24) is 44.2 Å². The van der Waals surface area contributed by atoms with Crippen LogP contribution >= 0.6 is 0 Å². The van der Waals surface area contributed by atoms with Crippen LogP contribution in [0.3, 0.4) is 0 Å². The van der Waals surface area contributed by atoms with Crippen molar-refractivity contribution in [1.29, 1.82) is 0 Å². The van der Waals surface area contributed by atoms with Crippen molar-refractivity contribution in [3.63, 3.8) is 0 Å². The molecule has 0 saturated carbocycles. The summed E-state index contributed by atoms with van der Waals surface area (Å²) in [5.41, 5.74) is 9.77. The number of amides is 1. The van der Waals surface area contributed by atoms with Crippen LogP contribution in [0.4, 0.5) is 4.79 Å². The molecule has 4 aromatic rings. The molecule has 2 saturated heterocycles. The molecule has 4 aromatic heterocycles. The first-order chi connectivity index (χ1) is 23.3. The summed E-state index contributed by atoms with van der Waals surface area (Å²) in [6.07, 6.45) is 6.86. The smallest absolute Gasteiger partial charge is 0.407 e. The number of carbonyl (C=O) groups is 1. The van der Waals surface area contributed by atoms with Gasteiger partial charge in [-0.05, 0) is 85.5 Å². The summed E-state index contributed by atoms with van der Waals surface area (Å²) in [7, 11) is 0. The standard InChI is InChI=1S/C20H29N5O3.C15H21N5O/c1-14-13-21-16-5-6-17(26)25(18(16)22-14)12-11-24-9-7-15(8-10-24)23-19(27)28-20(2,3)4;1-11-10-17-13-2-3-14(21)20(15(13)18-11)9-8-19-6-4-12(16)5-7-19/h5-6,13,15H,7-12H2,1-4H3,(H,23,27);2-3,10,12H,4-9,16H2,1H3. The third kappa shape index (κ3) is 10.1. The molecular formula is C35H50N10O4. The molecule has 264 valence electrons. The predicted octanol–water partition coefficient (Wildman–Crippen LogP) is 2.61. The SMILES string of the molecule is Cc1cnc2ccc(=O)n(CCN3CCC(N)CC3)c2n1.Cc1cnc2ccc(=O)n(CCN3CCC(NC(=O)OC(C)(C)C)CC3)c2n1. The number of nitrogens with one attached hydrogen (secondary N) is 1. The molecule has 6 rings (SSSR count). The molecule has 2 fully saturated rings. The van der Waals surface area contributed by atoms with Gasteiger partial charge in [0.1, 0.15) is 16.6 Å². The van der Waals surface area contributed by atoms with E-state index in [1.807, 2.05) is 34.6 Å². The number of nitrogens with zero attached hydrogens (tertiary/aromatic N) is 8. The number of fused-ring (bicyclic) bond motifs is 2. The molecule has 14 heteroatoms. The Labute approximate surface area is 286 Å². The van der Waals surface area contributed by atoms with E-state index in [-0.39, 0.29) is 23.3 Å². The quantitative estimate of drug-likeness (QED) is 0.296. The molecule has 3 N–H and O–H groups in total. The fourth-order valence-corrected chi connectivity index (χ4v) is 6.14.